The van der Waals surface area contributed by atoms with E-state index >= 15 is 0 Å². The van der Waals surface area contributed by atoms with Gasteiger partial charge in [0.1, 0.15) is 5.75 Å². The Morgan fingerprint density at radius 1 is 1.10 bits per heavy atom. The van der Waals surface area contributed by atoms with Gasteiger partial charge in [0.25, 0.3) is 0 Å². The van der Waals surface area contributed by atoms with Gasteiger partial charge in [0.05, 0.1) is 0 Å². The lowest BCUT2D eigenvalue weighted by Crippen LogP contribution is -2.27. The Labute approximate surface area is 122 Å². The Morgan fingerprint density at radius 2 is 1.80 bits per heavy atom. The van der Waals surface area contributed by atoms with Crippen LogP contribution >= 0.6 is 0 Å². The van der Waals surface area contributed by atoms with Crippen LogP contribution in [0.4, 0.5) is 0 Å². The predicted molar refractivity (Wildman–Crippen MR) is 86.1 cm³/mol. The van der Waals surface area contributed by atoms with E-state index in [0.717, 1.165) is 22.9 Å². The van der Waals surface area contributed by atoms with Gasteiger partial charge in [-0.1, -0.05) is 56.7 Å². The molecule has 2 rings (SSSR count). The maximum absolute atomic E-state index is 10.5. The fraction of sp³-hybridized carbons (Fsp3) is 0.444. The van der Waals surface area contributed by atoms with Crippen molar-refractivity contribution in [2.24, 2.45) is 5.92 Å². The van der Waals surface area contributed by atoms with Gasteiger partial charge < -0.3 is 5.11 Å². The Hall–Kier alpha value is -1.54. The van der Waals surface area contributed by atoms with Crippen molar-refractivity contribution in [3.8, 4) is 5.75 Å². The highest BCUT2D eigenvalue weighted by atomic mass is 16.3. The number of phenolic OH excluding ortho intramolecular Hbond substituents is 1. The predicted octanol–water partition coefficient (Wildman–Crippen LogP) is 4.58. The zero-order chi connectivity index (χ0) is 14.7. The summed E-state index contributed by atoms with van der Waals surface area (Å²) in [4.78, 5) is 2.32. The normalized spacial score (nSPS) is 14.7. The van der Waals surface area contributed by atoms with Crippen molar-refractivity contribution < 1.29 is 5.11 Å². The molecule has 0 aliphatic heterocycles. The molecule has 0 aliphatic carbocycles. The molecule has 2 heteroatoms. The summed E-state index contributed by atoms with van der Waals surface area (Å²) < 4.78 is 0. The van der Waals surface area contributed by atoms with Gasteiger partial charge in [-0.25, -0.2) is 0 Å². The first-order valence-electron chi connectivity index (χ1n) is 7.45. The van der Waals surface area contributed by atoms with Crippen LogP contribution in [0, 0.1) is 5.92 Å². The first-order chi connectivity index (χ1) is 9.54. The largest absolute Gasteiger partial charge is 0.507 e. The second-order valence-electron chi connectivity index (χ2n) is 5.85. The van der Waals surface area contributed by atoms with E-state index < -0.39 is 0 Å². The van der Waals surface area contributed by atoms with Gasteiger partial charge in [-0.3, -0.25) is 4.90 Å². The number of fused-ring (bicyclic) bond motifs is 1. The molecule has 0 amide bonds. The topological polar surface area (TPSA) is 23.5 Å². The highest BCUT2D eigenvalue weighted by Crippen LogP contribution is 2.34. The lowest BCUT2D eigenvalue weighted by Gasteiger charge is -2.28. The van der Waals surface area contributed by atoms with E-state index in [1.165, 1.54) is 6.42 Å². The van der Waals surface area contributed by atoms with E-state index in [0.29, 0.717) is 11.7 Å². The molecular weight excluding hydrogens is 246 g/mol. The van der Waals surface area contributed by atoms with Gasteiger partial charge in [0.2, 0.25) is 0 Å². The number of benzene rings is 2. The first-order valence-corrected chi connectivity index (χ1v) is 7.45. The van der Waals surface area contributed by atoms with E-state index in [1.54, 1.807) is 0 Å². The van der Waals surface area contributed by atoms with Crippen LogP contribution in [0.5, 0.6) is 5.75 Å². The van der Waals surface area contributed by atoms with Crippen LogP contribution in [0.15, 0.2) is 36.4 Å². The number of rotatable bonds is 5. The van der Waals surface area contributed by atoms with Crippen LogP contribution < -0.4 is 0 Å². The average Bonchev–Trinajstić information content (AvgIpc) is 2.47. The smallest absolute Gasteiger partial charge is 0.128 e. The van der Waals surface area contributed by atoms with E-state index in [-0.39, 0.29) is 6.04 Å². The minimum Gasteiger partial charge on any atom is -0.507 e. The van der Waals surface area contributed by atoms with Crippen molar-refractivity contribution in [1.82, 2.24) is 4.90 Å². The van der Waals surface area contributed by atoms with Crippen LogP contribution in [0.25, 0.3) is 10.8 Å². The zero-order valence-corrected chi connectivity index (χ0v) is 12.9. The molecule has 0 saturated heterocycles. The van der Waals surface area contributed by atoms with Crippen LogP contribution in [0.3, 0.4) is 0 Å². The summed E-state index contributed by atoms with van der Waals surface area (Å²) in [5.74, 6) is 1.09. The Morgan fingerprint density at radius 3 is 2.50 bits per heavy atom. The van der Waals surface area contributed by atoms with E-state index in [4.69, 9.17) is 0 Å². The molecular formula is C18H25NO. The molecule has 0 bridgehead atoms. The van der Waals surface area contributed by atoms with Gasteiger partial charge in [0.15, 0.2) is 0 Å². The third kappa shape index (κ3) is 2.96. The molecule has 0 aromatic heterocycles. The molecule has 108 valence electrons. The Kier molecular flexibility index (Phi) is 4.66. The third-order valence-electron chi connectivity index (χ3n) is 4.34. The van der Waals surface area contributed by atoms with Crippen molar-refractivity contribution in [2.75, 3.05) is 13.6 Å². The standard InChI is InChI=1S/C18H25NO/c1-5-13(2)12-19(4)14(3)16-11-10-15-8-6-7-9-17(15)18(16)20/h6-11,13-14,20H,5,12H2,1-4H3. The van der Waals surface area contributed by atoms with E-state index in [1.807, 2.05) is 24.3 Å². The van der Waals surface area contributed by atoms with Crippen LogP contribution in [-0.2, 0) is 0 Å². The molecule has 0 spiro atoms. The first kappa shape index (κ1) is 14.9. The number of hydrogen-bond donors (Lipinski definition) is 1. The number of phenols is 1. The molecule has 0 aliphatic rings. The van der Waals surface area contributed by atoms with Gasteiger partial charge >= 0.3 is 0 Å². The molecule has 2 nitrogen and oxygen atoms in total. The molecule has 0 saturated carbocycles. The Balaban J connectivity index is 2.30. The molecule has 0 fully saturated rings. The molecule has 0 radical (unpaired) electrons. The summed E-state index contributed by atoms with van der Waals surface area (Å²) in [6, 6.07) is 12.3. The maximum atomic E-state index is 10.5. The summed E-state index contributed by atoms with van der Waals surface area (Å²) in [7, 11) is 2.13. The molecule has 2 aromatic rings. The van der Waals surface area contributed by atoms with E-state index in [9.17, 15) is 5.11 Å². The number of aromatic hydroxyl groups is 1. The number of hydrogen-bond acceptors (Lipinski definition) is 2. The summed E-state index contributed by atoms with van der Waals surface area (Å²) in [5.41, 5.74) is 1.01. The van der Waals surface area contributed by atoms with Crippen molar-refractivity contribution in [2.45, 2.75) is 33.2 Å². The zero-order valence-electron chi connectivity index (χ0n) is 12.9. The van der Waals surface area contributed by atoms with Crippen molar-refractivity contribution in [1.29, 1.82) is 0 Å². The maximum Gasteiger partial charge on any atom is 0.128 e. The minimum absolute atomic E-state index is 0.216. The summed E-state index contributed by atoms with van der Waals surface area (Å²) in [5, 5.41) is 12.6. The Bertz CT molecular complexity index is 579. The van der Waals surface area contributed by atoms with Crippen LogP contribution in [-0.4, -0.2) is 23.6 Å². The van der Waals surface area contributed by atoms with Crippen molar-refractivity contribution in [3.63, 3.8) is 0 Å². The SMILES string of the molecule is CCC(C)CN(C)C(C)c1ccc2ccccc2c1O. The van der Waals surface area contributed by atoms with Crippen molar-refractivity contribution in [3.05, 3.63) is 42.0 Å². The van der Waals surface area contributed by atoms with Crippen LogP contribution in [0.1, 0.15) is 38.8 Å². The monoisotopic (exact) mass is 271 g/mol. The highest BCUT2D eigenvalue weighted by Gasteiger charge is 2.18. The average molecular weight is 271 g/mol. The molecule has 2 aromatic carbocycles. The van der Waals surface area contributed by atoms with E-state index in [2.05, 4.69) is 44.9 Å². The lowest BCUT2D eigenvalue weighted by molar-refractivity contribution is 0.221. The minimum atomic E-state index is 0.216. The number of nitrogens with zero attached hydrogens (tertiary/aromatic N) is 1. The van der Waals surface area contributed by atoms with Crippen LogP contribution in [0.2, 0.25) is 0 Å². The fourth-order valence-corrected chi connectivity index (χ4v) is 2.63. The van der Waals surface area contributed by atoms with Crippen molar-refractivity contribution >= 4 is 10.8 Å². The lowest BCUT2D eigenvalue weighted by atomic mass is 9.99. The summed E-state index contributed by atoms with van der Waals surface area (Å²) >= 11 is 0. The molecule has 20 heavy (non-hydrogen) atoms. The second kappa shape index (κ2) is 6.27. The van der Waals surface area contributed by atoms with Gasteiger partial charge in [0, 0.05) is 23.5 Å². The summed E-state index contributed by atoms with van der Waals surface area (Å²) in [6.45, 7) is 7.69. The summed E-state index contributed by atoms with van der Waals surface area (Å²) in [6.07, 6.45) is 1.18. The van der Waals surface area contributed by atoms with Gasteiger partial charge in [-0.05, 0) is 25.3 Å². The van der Waals surface area contributed by atoms with Gasteiger partial charge in [-0.2, -0.15) is 0 Å². The molecule has 2 atom stereocenters. The molecule has 1 N–H and O–H groups in total. The highest BCUT2D eigenvalue weighted by molar-refractivity contribution is 5.89. The quantitative estimate of drug-likeness (QED) is 0.860. The fourth-order valence-electron chi connectivity index (χ4n) is 2.63. The third-order valence-corrected chi connectivity index (χ3v) is 4.34. The second-order valence-corrected chi connectivity index (χ2v) is 5.85. The molecule has 2 unspecified atom stereocenters. The molecule has 0 heterocycles. The van der Waals surface area contributed by atoms with Gasteiger partial charge in [-0.15, -0.1) is 0 Å².